The van der Waals surface area contributed by atoms with E-state index in [1.54, 1.807) is 0 Å². The molecule has 0 bridgehead atoms. The van der Waals surface area contributed by atoms with Crippen LogP contribution in [-0.2, 0) is 9.47 Å². The third-order valence-corrected chi connectivity index (χ3v) is 3.06. The normalized spacial score (nSPS) is 19.6. The van der Waals surface area contributed by atoms with Crippen LogP contribution < -0.4 is 10.3 Å². The summed E-state index contributed by atoms with van der Waals surface area (Å²) in [4.78, 5) is 27.6. The van der Waals surface area contributed by atoms with Crippen molar-refractivity contribution >= 4 is 5.97 Å². The molecular formula is C13H18N2O5. The topological polar surface area (TPSA) is 80.9 Å². The zero-order valence-corrected chi connectivity index (χ0v) is 11.5. The van der Waals surface area contributed by atoms with Crippen LogP contribution in [0.3, 0.4) is 0 Å². The van der Waals surface area contributed by atoms with Gasteiger partial charge in [-0.25, -0.2) is 4.79 Å². The van der Waals surface area contributed by atoms with E-state index in [4.69, 9.17) is 9.47 Å². The monoisotopic (exact) mass is 282 g/mol. The zero-order chi connectivity index (χ0) is 14.5. The van der Waals surface area contributed by atoms with Crippen LogP contribution in [0.2, 0.25) is 0 Å². The fourth-order valence-corrected chi connectivity index (χ4v) is 1.96. The first-order valence-corrected chi connectivity index (χ1v) is 6.34. The molecule has 0 aliphatic carbocycles. The van der Waals surface area contributed by atoms with Crippen LogP contribution in [0.15, 0.2) is 17.1 Å². The van der Waals surface area contributed by atoms with Crippen LogP contribution >= 0.6 is 0 Å². The van der Waals surface area contributed by atoms with Crippen molar-refractivity contribution in [2.75, 3.05) is 40.5 Å². The highest BCUT2D eigenvalue weighted by molar-refractivity contribution is 5.89. The van der Waals surface area contributed by atoms with Crippen LogP contribution in [0.4, 0.5) is 0 Å². The Morgan fingerprint density at radius 2 is 2.40 bits per heavy atom. The Balaban J connectivity index is 2.01. The van der Waals surface area contributed by atoms with Gasteiger partial charge in [0.2, 0.25) is 0 Å². The minimum absolute atomic E-state index is 0.0877. The van der Waals surface area contributed by atoms with Gasteiger partial charge in [0.15, 0.2) is 5.75 Å². The second-order valence-corrected chi connectivity index (χ2v) is 4.64. The van der Waals surface area contributed by atoms with E-state index < -0.39 is 5.97 Å². The molecule has 2 heterocycles. The number of nitrogens with one attached hydrogen (secondary N) is 1. The predicted molar refractivity (Wildman–Crippen MR) is 71.1 cm³/mol. The fourth-order valence-electron chi connectivity index (χ4n) is 1.96. The highest BCUT2D eigenvalue weighted by atomic mass is 16.5. The van der Waals surface area contributed by atoms with Crippen molar-refractivity contribution in [3.8, 4) is 5.75 Å². The molecule has 1 fully saturated rings. The summed E-state index contributed by atoms with van der Waals surface area (Å²) in [5.74, 6) is -0.440. The van der Waals surface area contributed by atoms with E-state index in [2.05, 4.69) is 14.6 Å². The summed E-state index contributed by atoms with van der Waals surface area (Å²) in [7, 11) is 3.28. The molecular weight excluding hydrogens is 264 g/mol. The molecule has 1 aliphatic rings. The highest BCUT2D eigenvalue weighted by Crippen LogP contribution is 2.10. The van der Waals surface area contributed by atoms with Crippen LogP contribution in [0.5, 0.6) is 5.75 Å². The third-order valence-electron chi connectivity index (χ3n) is 3.06. The molecule has 0 saturated carbocycles. The average Bonchev–Trinajstić information content (AvgIpc) is 2.45. The summed E-state index contributed by atoms with van der Waals surface area (Å²) in [5.41, 5.74) is -0.148. The number of aromatic nitrogens is 1. The Kier molecular flexibility index (Phi) is 4.75. The van der Waals surface area contributed by atoms with Crippen LogP contribution in [-0.4, -0.2) is 62.4 Å². The number of pyridine rings is 1. The SMILES string of the molecule is COC(=O)c1c[nH]c(=O)c(OC[C@H]2CN(C)CCO2)c1. The summed E-state index contributed by atoms with van der Waals surface area (Å²) in [6.45, 7) is 2.53. The summed E-state index contributed by atoms with van der Waals surface area (Å²) in [6, 6.07) is 1.37. The number of aromatic amines is 1. The number of carbonyl (C=O) groups is 1. The number of nitrogens with zero attached hydrogens (tertiary/aromatic N) is 1. The lowest BCUT2D eigenvalue weighted by atomic mass is 10.2. The van der Waals surface area contributed by atoms with Gasteiger partial charge in [-0.1, -0.05) is 0 Å². The molecule has 1 saturated heterocycles. The van der Waals surface area contributed by atoms with Crippen molar-refractivity contribution in [2.24, 2.45) is 0 Å². The molecule has 2 rings (SSSR count). The van der Waals surface area contributed by atoms with E-state index >= 15 is 0 Å². The number of esters is 1. The number of ether oxygens (including phenoxy) is 3. The van der Waals surface area contributed by atoms with Crippen molar-refractivity contribution < 1.29 is 19.0 Å². The summed E-state index contributed by atoms with van der Waals surface area (Å²) < 4.78 is 15.6. The maximum atomic E-state index is 11.6. The number of hydrogen-bond acceptors (Lipinski definition) is 6. The predicted octanol–water partition coefficient (Wildman–Crippen LogP) is -0.129. The molecule has 0 amide bonds. The van der Waals surface area contributed by atoms with Gasteiger partial charge in [-0.2, -0.15) is 0 Å². The fraction of sp³-hybridized carbons (Fsp3) is 0.538. The van der Waals surface area contributed by atoms with Crippen molar-refractivity contribution in [1.29, 1.82) is 0 Å². The number of hydrogen-bond donors (Lipinski definition) is 1. The molecule has 1 N–H and O–H groups in total. The molecule has 0 unspecified atom stereocenters. The van der Waals surface area contributed by atoms with E-state index in [1.807, 2.05) is 7.05 Å². The number of carbonyl (C=O) groups excluding carboxylic acids is 1. The van der Waals surface area contributed by atoms with Crippen molar-refractivity contribution in [1.82, 2.24) is 9.88 Å². The maximum absolute atomic E-state index is 11.6. The summed E-state index contributed by atoms with van der Waals surface area (Å²) >= 11 is 0. The van der Waals surface area contributed by atoms with Gasteiger partial charge in [0.1, 0.15) is 12.7 Å². The molecule has 1 aliphatic heterocycles. The Morgan fingerprint density at radius 3 is 3.10 bits per heavy atom. The number of morpholine rings is 1. The molecule has 110 valence electrons. The molecule has 7 nitrogen and oxygen atoms in total. The number of likely N-dealkylation sites (N-methyl/N-ethyl adjacent to an activating group) is 1. The maximum Gasteiger partial charge on any atom is 0.339 e. The first kappa shape index (κ1) is 14.5. The molecule has 0 aromatic carbocycles. The lowest BCUT2D eigenvalue weighted by Crippen LogP contribution is -2.43. The van der Waals surface area contributed by atoms with Gasteiger partial charge in [0.05, 0.1) is 19.3 Å². The third kappa shape index (κ3) is 3.58. The average molecular weight is 282 g/mol. The second-order valence-electron chi connectivity index (χ2n) is 4.64. The Hall–Kier alpha value is -1.86. The molecule has 1 aromatic heterocycles. The highest BCUT2D eigenvalue weighted by Gasteiger charge is 2.19. The summed E-state index contributed by atoms with van der Waals surface area (Å²) in [5, 5.41) is 0. The van der Waals surface area contributed by atoms with E-state index in [0.29, 0.717) is 6.61 Å². The van der Waals surface area contributed by atoms with Gasteiger partial charge in [0.25, 0.3) is 5.56 Å². The van der Waals surface area contributed by atoms with Crippen molar-refractivity contribution in [2.45, 2.75) is 6.10 Å². The molecule has 0 radical (unpaired) electrons. The number of methoxy groups -OCH3 is 1. The smallest absolute Gasteiger partial charge is 0.339 e. The minimum atomic E-state index is -0.528. The lowest BCUT2D eigenvalue weighted by Gasteiger charge is -2.29. The quantitative estimate of drug-likeness (QED) is 0.775. The Morgan fingerprint density at radius 1 is 1.60 bits per heavy atom. The van der Waals surface area contributed by atoms with Crippen LogP contribution in [0, 0.1) is 0 Å². The van der Waals surface area contributed by atoms with E-state index in [9.17, 15) is 9.59 Å². The number of H-pyrrole nitrogens is 1. The van der Waals surface area contributed by atoms with Gasteiger partial charge in [0, 0.05) is 25.4 Å². The minimum Gasteiger partial charge on any atom is -0.485 e. The largest absolute Gasteiger partial charge is 0.485 e. The molecule has 7 heteroatoms. The van der Waals surface area contributed by atoms with E-state index in [0.717, 1.165) is 13.1 Å². The molecule has 20 heavy (non-hydrogen) atoms. The zero-order valence-electron chi connectivity index (χ0n) is 11.5. The second kappa shape index (κ2) is 6.53. The van der Waals surface area contributed by atoms with Gasteiger partial charge in [-0.05, 0) is 7.05 Å². The Labute approximate surface area is 116 Å². The summed E-state index contributed by atoms with van der Waals surface area (Å²) in [6.07, 6.45) is 1.21. The van der Waals surface area contributed by atoms with E-state index in [-0.39, 0.29) is 29.6 Å². The van der Waals surface area contributed by atoms with Gasteiger partial charge >= 0.3 is 5.97 Å². The Bertz CT molecular complexity index is 528. The van der Waals surface area contributed by atoms with Crippen LogP contribution in [0.25, 0.3) is 0 Å². The standard InChI is InChI=1S/C13H18N2O5/c1-15-3-4-19-10(7-15)8-20-11-5-9(13(17)18-2)6-14-12(11)16/h5-6,10H,3-4,7-8H2,1-2H3,(H,14,16)/t10-/m1/s1. The molecule has 0 spiro atoms. The molecule has 1 atom stereocenters. The first-order valence-electron chi connectivity index (χ1n) is 6.34. The molecule has 1 aromatic rings. The lowest BCUT2D eigenvalue weighted by molar-refractivity contribution is -0.0405. The van der Waals surface area contributed by atoms with Gasteiger partial charge in [-0.3, -0.25) is 4.79 Å². The van der Waals surface area contributed by atoms with Gasteiger partial charge < -0.3 is 24.1 Å². The van der Waals surface area contributed by atoms with Crippen LogP contribution in [0.1, 0.15) is 10.4 Å². The van der Waals surface area contributed by atoms with Crippen molar-refractivity contribution in [3.05, 3.63) is 28.2 Å². The number of rotatable bonds is 4. The van der Waals surface area contributed by atoms with Crippen molar-refractivity contribution in [3.63, 3.8) is 0 Å². The van der Waals surface area contributed by atoms with E-state index in [1.165, 1.54) is 19.4 Å². The van der Waals surface area contributed by atoms with Gasteiger partial charge in [-0.15, -0.1) is 0 Å². The first-order chi connectivity index (χ1) is 9.60.